The monoisotopic (exact) mass is 249 g/mol. The maximum Gasteiger partial charge on any atom is 0.350 e. The van der Waals surface area contributed by atoms with Gasteiger partial charge < -0.3 is 14.8 Å². The number of rotatable bonds is 4. The van der Waals surface area contributed by atoms with E-state index in [2.05, 4.69) is 5.32 Å². The third-order valence-electron chi connectivity index (χ3n) is 3.12. The number of benzene rings is 1. The van der Waals surface area contributed by atoms with Crippen LogP contribution in [0.3, 0.4) is 0 Å². The molecular formula is C14H19NO3. The summed E-state index contributed by atoms with van der Waals surface area (Å²) < 4.78 is 11.1. The minimum Gasteiger partial charge on any atom is -0.475 e. The van der Waals surface area contributed by atoms with Gasteiger partial charge in [-0.1, -0.05) is 18.2 Å². The Balaban J connectivity index is 2.16. The van der Waals surface area contributed by atoms with Gasteiger partial charge in [-0.3, -0.25) is 0 Å². The standard InChI is InChI=1S/C14H19NO3/c1-2-17-13(16)14(8-10-15-11-9-14)18-12-6-4-3-5-7-12/h3-7,15H,2,8-11H2,1H3. The van der Waals surface area contributed by atoms with Gasteiger partial charge in [0.15, 0.2) is 0 Å². The van der Waals surface area contributed by atoms with Gasteiger partial charge in [-0.2, -0.15) is 0 Å². The number of esters is 1. The van der Waals surface area contributed by atoms with E-state index in [1.54, 1.807) is 0 Å². The largest absolute Gasteiger partial charge is 0.475 e. The van der Waals surface area contributed by atoms with E-state index < -0.39 is 5.60 Å². The summed E-state index contributed by atoms with van der Waals surface area (Å²) in [5.41, 5.74) is -0.831. The molecular weight excluding hydrogens is 230 g/mol. The minimum atomic E-state index is -0.831. The SMILES string of the molecule is CCOC(=O)C1(Oc2ccccc2)CCNCC1. The van der Waals surface area contributed by atoms with Crippen molar-refractivity contribution in [2.75, 3.05) is 19.7 Å². The molecule has 1 heterocycles. The third kappa shape index (κ3) is 2.82. The van der Waals surface area contributed by atoms with Gasteiger partial charge in [0.25, 0.3) is 0 Å². The zero-order valence-electron chi connectivity index (χ0n) is 10.6. The lowest BCUT2D eigenvalue weighted by Crippen LogP contribution is -2.53. The van der Waals surface area contributed by atoms with Crippen LogP contribution in [0.15, 0.2) is 30.3 Å². The Labute approximate surface area is 107 Å². The molecule has 4 heteroatoms. The Hall–Kier alpha value is -1.55. The van der Waals surface area contributed by atoms with Gasteiger partial charge in [-0.05, 0) is 32.1 Å². The molecule has 4 nitrogen and oxygen atoms in total. The van der Waals surface area contributed by atoms with Gasteiger partial charge in [0.1, 0.15) is 5.75 Å². The van der Waals surface area contributed by atoms with E-state index >= 15 is 0 Å². The van der Waals surface area contributed by atoms with Gasteiger partial charge >= 0.3 is 5.97 Å². The molecule has 1 aliphatic rings. The first-order valence-corrected chi connectivity index (χ1v) is 6.39. The van der Waals surface area contributed by atoms with Crippen LogP contribution in [-0.2, 0) is 9.53 Å². The molecule has 0 spiro atoms. The lowest BCUT2D eigenvalue weighted by atomic mass is 9.92. The quantitative estimate of drug-likeness (QED) is 0.826. The first-order chi connectivity index (χ1) is 8.77. The second-order valence-electron chi connectivity index (χ2n) is 4.38. The first kappa shape index (κ1) is 12.9. The lowest BCUT2D eigenvalue weighted by Gasteiger charge is -2.35. The molecule has 0 radical (unpaired) electrons. The van der Waals surface area contributed by atoms with E-state index in [0.717, 1.165) is 13.1 Å². The van der Waals surface area contributed by atoms with Crippen molar-refractivity contribution in [1.29, 1.82) is 0 Å². The smallest absolute Gasteiger partial charge is 0.350 e. The number of para-hydroxylation sites is 1. The molecule has 1 aliphatic heterocycles. The maximum absolute atomic E-state index is 12.1. The maximum atomic E-state index is 12.1. The molecule has 1 fully saturated rings. The summed E-state index contributed by atoms with van der Waals surface area (Å²) in [7, 11) is 0. The molecule has 1 aromatic carbocycles. The average molecular weight is 249 g/mol. The second-order valence-corrected chi connectivity index (χ2v) is 4.38. The molecule has 1 saturated heterocycles. The zero-order valence-corrected chi connectivity index (χ0v) is 10.6. The summed E-state index contributed by atoms with van der Waals surface area (Å²) in [6.07, 6.45) is 1.28. The van der Waals surface area contributed by atoms with Gasteiger partial charge in [0.2, 0.25) is 5.60 Å². The molecule has 18 heavy (non-hydrogen) atoms. The average Bonchev–Trinajstić information content (AvgIpc) is 2.41. The number of carbonyl (C=O) groups is 1. The predicted molar refractivity (Wildman–Crippen MR) is 68.5 cm³/mol. The molecule has 1 aromatic rings. The highest BCUT2D eigenvalue weighted by Gasteiger charge is 2.43. The number of nitrogens with one attached hydrogen (secondary N) is 1. The molecule has 0 aromatic heterocycles. The van der Waals surface area contributed by atoms with Crippen molar-refractivity contribution in [2.45, 2.75) is 25.4 Å². The highest BCUT2D eigenvalue weighted by molar-refractivity contribution is 5.80. The Morgan fingerprint density at radius 3 is 2.56 bits per heavy atom. The normalized spacial score (nSPS) is 18.1. The molecule has 0 unspecified atom stereocenters. The van der Waals surface area contributed by atoms with Gasteiger partial charge in [-0.15, -0.1) is 0 Å². The fourth-order valence-corrected chi connectivity index (χ4v) is 2.16. The molecule has 0 saturated carbocycles. The van der Waals surface area contributed by atoms with Gasteiger partial charge in [0.05, 0.1) is 6.61 Å². The second kappa shape index (κ2) is 5.87. The van der Waals surface area contributed by atoms with Crippen LogP contribution in [0.25, 0.3) is 0 Å². The van der Waals surface area contributed by atoms with Gasteiger partial charge in [0, 0.05) is 12.8 Å². The van der Waals surface area contributed by atoms with Crippen molar-refractivity contribution >= 4 is 5.97 Å². The van der Waals surface area contributed by atoms with Crippen molar-refractivity contribution in [1.82, 2.24) is 5.32 Å². The lowest BCUT2D eigenvalue weighted by molar-refractivity contribution is -0.164. The number of carbonyl (C=O) groups excluding carboxylic acids is 1. The Morgan fingerprint density at radius 2 is 1.94 bits per heavy atom. The number of ether oxygens (including phenoxy) is 2. The van der Waals surface area contributed by atoms with Gasteiger partial charge in [-0.25, -0.2) is 4.79 Å². The van der Waals surface area contributed by atoms with Crippen LogP contribution >= 0.6 is 0 Å². The number of hydrogen-bond acceptors (Lipinski definition) is 4. The Kier molecular flexibility index (Phi) is 4.20. The number of hydrogen-bond donors (Lipinski definition) is 1. The van der Waals surface area contributed by atoms with E-state index in [-0.39, 0.29) is 5.97 Å². The van der Waals surface area contributed by atoms with Crippen LogP contribution in [0.1, 0.15) is 19.8 Å². The van der Waals surface area contributed by atoms with E-state index in [1.807, 2.05) is 37.3 Å². The topological polar surface area (TPSA) is 47.6 Å². The zero-order chi connectivity index (χ0) is 12.8. The van der Waals surface area contributed by atoms with Crippen molar-refractivity contribution in [3.8, 4) is 5.75 Å². The first-order valence-electron chi connectivity index (χ1n) is 6.39. The predicted octanol–water partition coefficient (Wildman–Crippen LogP) is 1.75. The van der Waals surface area contributed by atoms with Crippen molar-refractivity contribution < 1.29 is 14.3 Å². The van der Waals surface area contributed by atoms with E-state index in [1.165, 1.54) is 0 Å². The van der Waals surface area contributed by atoms with E-state index in [9.17, 15) is 4.79 Å². The van der Waals surface area contributed by atoms with Crippen LogP contribution in [0.2, 0.25) is 0 Å². The number of piperidine rings is 1. The highest BCUT2D eigenvalue weighted by Crippen LogP contribution is 2.27. The molecule has 0 aliphatic carbocycles. The van der Waals surface area contributed by atoms with Crippen molar-refractivity contribution in [3.63, 3.8) is 0 Å². The minimum absolute atomic E-state index is 0.254. The van der Waals surface area contributed by atoms with Crippen LogP contribution in [-0.4, -0.2) is 31.3 Å². The highest BCUT2D eigenvalue weighted by atomic mass is 16.6. The summed E-state index contributed by atoms with van der Waals surface area (Å²) in [5, 5.41) is 3.23. The van der Waals surface area contributed by atoms with Crippen LogP contribution in [0.5, 0.6) is 5.75 Å². The fraction of sp³-hybridized carbons (Fsp3) is 0.500. The fourth-order valence-electron chi connectivity index (χ4n) is 2.16. The van der Waals surface area contributed by atoms with E-state index in [4.69, 9.17) is 9.47 Å². The Bertz CT molecular complexity index is 385. The third-order valence-corrected chi connectivity index (χ3v) is 3.12. The van der Waals surface area contributed by atoms with Crippen molar-refractivity contribution in [3.05, 3.63) is 30.3 Å². The summed E-state index contributed by atoms with van der Waals surface area (Å²) in [4.78, 5) is 12.1. The van der Waals surface area contributed by atoms with Crippen molar-refractivity contribution in [2.24, 2.45) is 0 Å². The molecule has 98 valence electrons. The molecule has 0 amide bonds. The summed E-state index contributed by atoms with van der Waals surface area (Å²) >= 11 is 0. The summed E-state index contributed by atoms with van der Waals surface area (Å²) in [6, 6.07) is 9.45. The molecule has 0 bridgehead atoms. The van der Waals surface area contributed by atoms with Crippen LogP contribution in [0, 0.1) is 0 Å². The summed E-state index contributed by atoms with van der Waals surface area (Å²) in [5.74, 6) is 0.461. The van der Waals surface area contributed by atoms with Crippen LogP contribution < -0.4 is 10.1 Å². The van der Waals surface area contributed by atoms with E-state index in [0.29, 0.717) is 25.2 Å². The molecule has 0 atom stereocenters. The molecule has 2 rings (SSSR count). The summed E-state index contributed by atoms with van der Waals surface area (Å²) in [6.45, 7) is 3.73. The molecule has 1 N–H and O–H groups in total. The van der Waals surface area contributed by atoms with Crippen LogP contribution in [0.4, 0.5) is 0 Å². The Morgan fingerprint density at radius 1 is 1.28 bits per heavy atom.